The summed E-state index contributed by atoms with van der Waals surface area (Å²) in [5, 5.41) is 5.63. The summed E-state index contributed by atoms with van der Waals surface area (Å²) in [6, 6.07) is 13.2. The Morgan fingerprint density at radius 3 is 2.32 bits per heavy atom. The SMILES string of the molecule is CC(C)c1ccc(C(CN)NCc2cccs2)cc1. The van der Waals surface area contributed by atoms with Crippen LogP contribution in [-0.4, -0.2) is 6.54 Å². The lowest BCUT2D eigenvalue weighted by molar-refractivity contribution is 0.545. The lowest BCUT2D eigenvalue weighted by atomic mass is 9.99. The second kappa shape index (κ2) is 6.85. The molecule has 0 bridgehead atoms. The fourth-order valence-electron chi connectivity index (χ4n) is 2.09. The first-order chi connectivity index (χ1) is 9.20. The molecule has 0 aliphatic heterocycles. The van der Waals surface area contributed by atoms with Gasteiger partial charge < -0.3 is 11.1 Å². The number of nitrogens with two attached hydrogens (primary N) is 1. The molecule has 2 nitrogen and oxygen atoms in total. The van der Waals surface area contributed by atoms with Crippen LogP contribution < -0.4 is 11.1 Å². The summed E-state index contributed by atoms with van der Waals surface area (Å²) in [6.45, 7) is 5.92. The molecule has 3 N–H and O–H groups in total. The first-order valence-electron chi connectivity index (χ1n) is 6.76. The molecular weight excluding hydrogens is 252 g/mol. The second-order valence-electron chi connectivity index (χ2n) is 5.07. The molecule has 102 valence electrons. The van der Waals surface area contributed by atoms with E-state index in [4.69, 9.17) is 5.73 Å². The van der Waals surface area contributed by atoms with Crippen molar-refractivity contribution in [2.45, 2.75) is 32.4 Å². The summed E-state index contributed by atoms with van der Waals surface area (Å²) in [4.78, 5) is 1.34. The fraction of sp³-hybridized carbons (Fsp3) is 0.375. The molecule has 1 aromatic carbocycles. The highest BCUT2D eigenvalue weighted by molar-refractivity contribution is 7.09. The Bertz CT molecular complexity index is 474. The molecule has 0 amide bonds. The van der Waals surface area contributed by atoms with Crippen molar-refractivity contribution in [3.8, 4) is 0 Å². The largest absolute Gasteiger partial charge is 0.329 e. The fourth-order valence-corrected chi connectivity index (χ4v) is 2.74. The zero-order valence-electron chi connectivity index (χ0n) is 11.6. The first kappa shape index (κ1) is 14.3. The molecular formula is C16H22N2S. The predicted molar refractivity (Wildman–Crippen MR) is 83.5 cm³/mol. The highest BCUT2D eigenvalue weighted by Gasteiger charge is 2.09. The Morgan fingerprint density at radius 1 is 1.11 bits per heavy atom. The zero-order chi connectivity index (χ0) is 13.7. The molecule has 0 aliphatic rings. The Hall–Kier alpha value is -1.16. The summed E-state index contributed by atoms with van der Waals surface area (Å²) in [6.07, 6.45) is 0. The Balaban J connectivity index is 2.00. The molecule has 0 spiro atoms. The predicted octanol–water partition coefficient (Wildman–Crippen LogP) is 3.66. The summed E-state index contributed by atoms with van der Waals surface area (Å²) in [5.74, 6) is 0.574. The van der Waals surface area contributed by atoms with Gasteiger partial charge in [-0.1, -0.05) is 44.2 Å². The lowest BCUT2D eigenvalue weighted by Crippen LogP contribution is -2.27. The number of benzene rings is 1. The maximum absolute atomic E-state index is 5.88. The Kier molecular flexibility index (Phi) is 5.14. The van der Waals surface area contributed by atoms with Gasteiger partial charge in [0.2, 0.25) is 0 Å². The van der Waals surface area contributed by atoms with Gasteiger partial charge in [-0.05, 0) is 28.5 Å². The van der Waals surface area contributed by atoms with Gasteiger partial charge in [0.05, 0.1) is 0 Å². The molecule has 1 atom stereocenters. The van der Waals surface area contributed by atoms with Crippen LogP contribution in [0.1, 0.15) is 41.8 Å². The van der Waals surface area contributed by atoms with Crippen LogP contribution in [0, 0.1) is 0 Å². The second-order valence-corrected chi connectivity index (χ2v) is 6.10. The van der Waals surface area contributed by atoms with Gasteiger partial charge in [0, 0.05) is 24.0 Å². The third-order valence-corrected chi connectivity index (χ3v) is 4.22. The van der Waals surface area contributed by atoms with Gasteiger partial charge in [-0.15, -0.1) is 11.3 Å². The number of nitrogens with one attached hydrogen (secondary N) is 1. The van der Waals surface area contributed by atoms with E-state index in [9.17, 15) is 0 Å². The van der Waals surface area contributed by atoms with Crippen molar-refractivity contribution in [2.24, 2.45) is 5.73 Å². The van der Waals surface area contributed by atoms with Gasteiger partial charge in [-0.2, -0.15) is 0 Å². The van der Waals surface area contributed by atoms with E-state index in [-0.39, 0.29) is 6.04 Å². The maximum atomic E-state index is 5.88. The van der Waals surface area contributed by atoms with Crippen molar-refractivity contribution in [3.63, 3.8) is 0 Å². The quantitative estimate of drug-likeness (QED) is 0.843. The highest BCUT2D eigenvalue weighted by Crippen LogP contribution is 2.19. The number of hydrogen-bond donors (Lipinski definition) is 2. The topological polar surface area (TPSA) is 38.0 Å². The number of hydrogen-bond acceptors (Lipinski definition) is 3. The van der Waals surface area contributed by atoms with Crippen molar-refractivity contribution in [3.05, 3.63) is 57.8 Å². The van der Waals surface area contributed by atoms with E-state index in [0.717, 1.165) is 6.54 Å². The number of thiophene rings is 1. The van der Waals surface area contributed by atoms with Crippen molar-refractivity contribution in [1.29, 1.82) is 0 Å². The number of rotatable bonds is 6. The minimum Gasteiger partial charge on any atom is -0.329 e. The third kappa shape index (κ3) is 3.90. The molecule has 19 heavy (non-hydrogen) atoms. The first-order valence-corrected chi connectivity index (χ1v) is 7.64. The third-order valence-electron chi connectivity index (χ3n) is 3.34. The van der Waals surface area contributed by atoms with E-state index in [1.165, 1.54) is 16.0 Å². The van der Waals surface area contributed by atoms with Crippen molar-refractivity contribution < 1.29 is 0 Å². The van der Waals surface area contributed by atoms with Crippen LogP contribution in [0.25, 0.3) is 0 Å². The summed E-state index contributed by atoms with van der Waals surface area (Å²) in [7, 11) is 0. The molecule has 3 heteroatoms. The molecule has 0 saturated heterocycles. The van der Waals surface area contributed by atoms with Crippen molar-refractivity contribution >= 4 is 11.3 Å². The average Bonchev–Trinajstić information content (AvgIpc) is 2.93. The molecule has 0 saturated carbocycles. The molecule has 1 heterocycles. The van der Waals surface area contributed by atoms with E-state index in [2.05, 4.69) is 60.9 Å². The van der Waals surface area contributed by atoms with Crippen LogP contribution in [0.2, 0.25) is 0 Å². The van der Waals surface area contributed by atoms with E-state index in [0.29, 0.717) is 12.5 Å². The van der Waals surface area contributed by atoms with Crippen LogP contribution in [0.15, 0.2) is 41.8 Å². The minimum absolute atomic E-state index is 0.225. The van der Waals surface area contributed by atoms with Crippen molar-refractivity contribution in [2.75, 3.05) is 6.54 Å². The zero-order valence-corrected chi connectivity index (χ0v) is 12.4. The van der Waals surface area contributed by atoms with Crippen LogP contribution in [0.3, 0.4) is 0 Å². The van der Waals surface area contributed by atoms with Gasteiger partial charge in [0.25, 0.3) is 0 Å². The van der Waals surface area contributed by atoms with Crippen LogP contribution in [0.5, 0.6) is 0 Å². The average molecular weight is 274 g/mol. The van der Waals surface area contributed by atoms with Crippen molar-refractivity contribution in [1.82, 2.24) is 5.32 Å². The molecule has 0 aliphatic carbocycles. The maximum Gasteiger partial charge on any atom is 0.0447 e. The summed E-state index contributed by atoms with van der Waals surface area (Å²) < 4.78 is 0. The van der Waals surface area contributed by atoms with Gasteiger partial charge in [-0.25, -0.2) is 0 Å². The molecule has 2 aromatic rings. The van der Waals surface area contributed by atoms with Gasteiger partial charge in [0.1, 0.15) is 0 Å². The van der Waals surface area contributed by atoms with Crippen LogP contribution >= 0.6 is 11.3 Å². The normalized spacial score (nSPS) is 12.8. The van der Waals surface area contributed by atoms with Gasteiger partial charge in [-0.3, -0.25) is 0 Å². The van der Waals surface area contributed by atoms with E-state index < -0.39 is 0 Å². The summed E-state index contributed by atoms with van der Waals surface area (Å²) in [5.41, 5.74) is 8.52. The molecule has 1 aromatic heterocycles. The minimum atomic E-state index is 0.225. The molecule has 0 fully saturated rings. The van der Waals surface area contributed by atoms with E-state index in [1.807, 2.05) is 0 Å². The lowest BCUT2D eigenvalue weighted by Gasteiger charge is -2.17. The molecule has 1 unspecified atom stereocenters. The van der Waals surface area contributed by atoms with Gasteiger partial charge in [0.15, 0.2) is 0 Å². The van der Waals surface area contributed by atoms with Crippen LogP contribution in [0.4, 0.5) is 0 Å². The highest BCUT2D eigenvalue weighted by atomic mass is 32.1. The monoisotopic (exact) mass is 274 g/mol. The standard InChI is InChI=1S/C16H22N2S/c1-12(2)13-5-7-14(8-6-13)16(10-17)18-11-15-4-3-9-19-15/h3-9,12,16,18H,10-11,17H2,1-2H3. The smallest absolute Gasteiger partial charge is 0.0447 e. The summed E-state index contributed by atoms with van der Waals surface area (Å²) >= 11 is 1.77. The van der Waals surface area contributed by atoms with E-state index >= 15 is 0 Å². The van der Waals surface area contributed by atoms with Gasteiger partial charge >= 0.3 is 0 Å². The molecule has 0 radical (unpaired) electrons. The van der Waals surface area contributed by atoms with E-state index in [1.54, 1.807) is 11.3 Å². The molecule has 2 rings (SSSR count). The Morgan fingerprint density at radius 2 is 1.79 bits per heavy atom. The Labute approximate surface area is 119 Å². The van der Waals surface area contributed by atoms with Crippen LogP contribution in [-0.2, 0) is 6.54 Å².